The lowest BCUT2D eigenvalue weighted by Crippen LogP contribution is -2.43. The van der Waals surface area contributed by atoms with Gasteiger partial charge in [0, 0.05) is 19.3 Å². The monoisotopic (exact) mass is 377 g/mol. The first-order valence-corrected chi connectivity index (χ1v) is 9.27. The Hall–Kier alpha value is -3.34. The first-order valence-electron chi connectivity index (χ1n) is 9.27. The van der Waals surface area contributed by atoms with Gasteiger partial charge in [-0.15, -0.1) is 0 Å². The molecule has 0 aliphatic rings. The molecule has 1 N–H and O–H groups in total. The van der Waals surface area contributed by atoms with Crippen LogP contribution in [-0.4, -0.2) is 17.9 Å². The number of furan rings is 1. The van der Waals surface area contributed by atoms with Crippen LogP contribution in [0.3, 0.4) is 0 Å². The minimum absolute atomic E-state index is 0.174. The van der Waals surface area contributed by atoms with Crippen LogP contribution in [0.4, 0.5) is 0 Å². The lowest BCUT2D eigenvalue weighted by Gasteiger charge is -2.18. The minimum atomic E-state index is -0.741. The molecule has 1 heterocycles. The average Bonchev–Trinajstić information content (AvgIpc) is 3.25. The van der Waals surface area contributed by atoms with Crippen molar-refractivity contribution in [1.82, 2.24) is 5.32 Å². The summed E-state index contributed by atoms with van der Waals surface area (Å²) in [6.45, 7) is 0.174. The van der Waals surface area contributed by atoms with Crippen LogP contribution in [0.25, 0.3) is 0 Å². The Morgan fingerprint density at radius 3 is 2.21 bits per heavy atom. The Morgan fingerprint density at radius 2 is 1.57 bits per heavy atom. The zero-order valence-corrected chi connectivity index (χ0v) is 15.5. The van der Waals surface area contributed by atoms with E-state index in [1.807, 2.05) is 66.7 Å². The minimum Gasteiger partial charge on any atom is -0.469 e. The van der Waals surface area contributed by atoms with Crippen molar-refractivity contribution in [3.63, 3.8) is 0 Å². The Labute approximate surface area is 164 Å². The Balaban J connectivity index is 1.60. The van der Waals surface area contributed by atoms with Crippen LogP contribution in [-0.2, 0) is 33.8 Å². The van der Waals surface area contributed by atoms with Gasteiger partial charge in [-0.3, -0.25) is 4.79 Å². The number of hydrogen-bond donors (Lipinski definition) is 1. The summed E-state index contributed by atoms with van der Waals surface area (Å²) < 4.78 is 10.7. The third-order valence-corrected chi connectivity index (χ3v) is 4.30. The van der Waals surface area contributed by atoms with E-state index < -0.39 is 12.0 Å². The van der Waals surface area contributed by atoms with Gasteiger partial charge in [-0.2, -0.15) is 0 Å². The van der Waals surface area contributed by atoms with E-state index >= 15 is 0 Å². The second-order valence-electron chi connectivity index (χ2n) is 6.48. The molecule has 5 heteroatoms. The molecule has 0 saturated carbocycles. The van der Waals surface area contributed by atoms with E-state index in [9.17, 15) is 9.59 Å². The molecule has 0 aliphatic heterocycles. The molecule has 0 spiro atoms. The molecule has 144 valence electrons. The number of carbonyl (C=O) groups excluding carboxylic acids is 2. The maximum Gasteiger partial charge on any atom is 0.329 e. The predicted octanol–water partition coefficient (Wildman–Crippen LogP) is 3.68. The molecule has 0 unspecified atom stereocenters. The smallest absolute Gasteiger partial charge is 0.329 e. The molecule has 0 bridgehead atoms. The molecule has 1 atom stereocenters. The number of benzene rings is 2. The van der Waals surface area contributed by atoms with Crippen molar-refractivity contribution in [1.29, 1.82) is 0 Å². The number of hydrogen-bond acceptors (Lipinski definition) is 4. The fourth-order valence-corrected chi connectivity index (χ4v) is 2.83. The van der Waals surface area contributed by atoms with Crippen LogP contribution in [0.15, 0.2) is 83.5 Å². The molecule has 28 heavy (non-hydrogen) atoms. The maximum atomic E-state index is 12.6. The zero-order valence-electron chi connectivity index (χ0n) is 15.5. The van der Waals surface area contributed by atoms with Crippen molar-refractivity contribution in [2.75, 3.05) is 0 Å². The molecule has 0 saturated heterocycles. The first kappa shape index (κ1) is 19.4. The highest BCUT2D eigenvalue weighted by molar-refractivity contribution is 5.84. The van der Waals surface area contributed by atoms with E-state index in [4.69, 9.17) is 9.15 Å². The molecular weight excluding hydrogens is 354 g/mol. The largest absolute Gasteiger partial charge is 0.469 e. The summed E-state index contributed by atoms with van der Waals surface area (Å²) >= 11 is 0. The predicted molar refractivity (Wildman–Crippen MR) is 105 cm³/mol. The van der Waals surface area contributed by atoms with Crippen LogP contribution >= 0.6 is 0 Å². The van der Waals surface area contributed by atoms with Crippen molar-refractivity contribution in [2.45, 2.75) is 31.9 Å². The standard InChI is InChI=1S/C23H23NO4/c25-22(14-13-20-12-7-15-27-20)24-21(16-18-8-3-1-4-9-18)23(26)28-17-19-10-5-2-6-11-19/h1-12,15,21H,13-14,16-17H2,(H,24,25)/t21-/m0/s1. The highest BCUT2D eigenvalue weighted by Gasteiger charge is 2.23. The van der Waals surface area contributed by atoms with Crippen molar-refractivity contribution in [2.24, 2.45) is 0 Å². The van der Waals surface area contributed by atoms with Gasteiger partial charge in [-0.25, -0.2) is 4.79 Å². The van der Waals surface area contributed by atoms with Crippen LogP contribution < -0.4 is 5.32 Å². The molecule has 1 amide bonds. The Bertz CT molecular complexity index is 860. The Kier molecular flexibility index (Phi) is 7.01. The van der Waals surface area contributed by atoms with E-state index in [-0.39, 0.29) is 18.9 Å². The van der Waals surface area contributed by atoms with Crippen LogP contribution in [0, 0.1) is 0 Å². The summed E-state index contributed by atoms with van der Waals surface area (Å²) in [4.78, 5) is 25.0. The van der Waals surface area contributed by atoms with Gasteiger partial charge in [0.25, 0.3) is 0 Å². The maximum absolute atomic E-state index is 12.6. The zero-order chi connectivity index (χ0) is 19.6. The number of carbonyl (C=O) groups is 2. The molecule has 3 rings (SSSR count). The quantitative estimate of drug-likeness (QED) is 0.578. The number of aryl methyl sites for hydroxylation is 1. The molecule has 2 aromatic carbocycles. The normalized spacial score (nSPS) is 11.6. The van der Waals surface area contributed by atoms with Crippen molar-refractivity contribution >= 4 is 11.9 Å². The van der Waals surface area contributed by atoms with E-state index in [1.165, 1.54) is 0 Å². The van der Waals surface area contributed by atoms with E-state index in [0.29, 0.717) is 12.8 Å². The van der Waals surface area contributed by atoms with Gasteiger partial charge in [-0.1, -0.05) is 60.7 Å². The lowest BCUT2D eigenvalue weighted by molar-refractivity contribution is -0.149. The van der Waals surface area contributed by atoms with E-state index in [2.05, 4.69) is 5.32 Å². The topological polar surface area (TPSA) is 68.5 Å². The molecule has 0 aliphatic carbocycles. The molecule has 3 aromatic rings. The van der Waals surface area contributed by atoms with Gasteiger partial charge < -0.3 is 14.5 Å². The number of nitrogens with one attached hydrogen (secondary N) is 1. The molecule has 0 radical (unpaired) electrons. The highest BCUT2D eigenvalue weighted by atomic mass is 16.5. The van der Waals surface area contributed by atoms with E-state index in [0.717, 1.165) is 16.9 Å². The van der Waals surface area contributed by atoms with Crippen molar-refractivity contribution in [3.8, 4) is 0 Å². The summed E-state index contributed by atoms with van der Waals surface area (Å²) in [6.07, 6.45) is 2.67. The van der Waals surface area contributed by atoms with E-state index in [1.54, 1.807) is 12.3 Å². The molecule has 5 nitrogen and oxygen atoms in total. The first-order chi connectivity index (χ1) is 13.7. The van der Waals surface area contributed by atoms with Crippen molar-refractivity contribution in [3.05, 3.63) is 95.9 Å². The molecule has 1 aromatic heterocycles. The summed E-state index contributed by atoms with van der Waals surface area (Å²) in [6, 6.07) is 21.9. The highest BCUT2D eigenvalue weighted by Crippen LogP contribution is 2.09. The number of rotatable bonds is 9. The van der Waals surface area contributed by atoms with Gasteiger partial charge >= 0.3 is 5.97 Å². The third kappa shape index (κ3) is 6.13. The lowest BCUT2D eigenvalue weighted by atomic mass is 10.1. The summed E-state index contributed by atoms with van der Waals surface area (Å²) in [5, 5.41) is 2.81. The van der Waals surface area contributed by atoms with Gasteiger partial charge in [0.1, 0.15) is 18.4 Å². The van der Waals surface area contributed by atoms with Crippen LogP contribution in [0.1, 0.15) is 23.3 Å². The number of amides is 1. The second kappa shape index (κ2) is 10.1. The SMILES string of the molecule is O=C(CCc1ccco1)N[C@@H](Cc1ccccc1)C(=O)OCc1ccccc1. The summed E-state index contributed by atoms with van der Waals surface area (Å²) in [5.74, 6) is 0.0782. The third-order valence-electron chi connectivity index (χ3n) is 4.30. The van der Waals surface area contributed by atoms with Gasteiger partial charge in [0.15, 0.2) is 0 Å². The van der Waals surface area contributed by atoms with Gasteiger partial charge in [0.05, 0.1) is 6.26 Å². The number of esters is 1. The van der Waals surface area contributed by atoms with Crippen molar-refractivity contribution < 1.29 is 18.7 Å². The summed E-state index contributed by atoms with van der Waals surface area (Å²) in [5.41, 5.74) is 1.86. The number of ether oxygens (including phenoxy) is 1. The van der Waals surface area contributed by atoms with Crippen LogP contribution in [0.2, 0.25) is 0 Å². The average molecular weight is 377 g/mol. The fourth-order valence-electron chi connectivity index (χ4n) is 2.83. The fraction of sp³-hybridized carbons (Fsp3) is 0.217. The second-order valence-corrected chi connectivity index (χ2v) is 6.48. The molecule has 0 fully saturated rings. The molecular formula is C23H23NO4. The van der Waals surface area contributed by atoms with Gasteiger partial charge in [-0.05, 0) is 23.3 Å². The Morgan fingerprint density at radius 1 is 0.893 bits per heavy atom. The van der Waals surface area contributed by atoms with Gasteiger partial charge in [0.2, 0.25) is 5.91 Å². The summed E-state index contributed by atoms with van der Waals surface area (Å²) in [7, 11) is 0. The van der Waals surface area contributed by atoms with Crippen LogP contribution in [0.5, 0.6) is 0 Å².